The molecule has 0 saturated carbocycles. The molecule has 1 atom stereocenters. The second kappa shape index (κ2) is 7.99. The van der Waals surface area contributed by atoms with E-state index in [1.807, 2.05) is 16.9 Å². The fourth-order valence-electron chi connectivity index (χ4n) is 2.18. The third kappa shape index (κ3) is 5.40. The Labute approximate surface area is 143 Å². The molecule has 0 radical (unpaired) electrons. The first-order chi connectivity index (χ1) is 11.4. The van der Waals surface area contributed by atoms with Crippen LogP contribution in [0.1, 0.15) is 39.3 Å². The Balaban J connectivity index is 1.77. The van der Waals surface area contributed by atoms with Crippen LogP contribution in [0.5, 0.6) is 0 Å². The summed E-state index contributed by atoms with van der Waals surface area (Å²) in [5.74, 6) is 2.71. The highest BCUT2D eigenvalue weighted by Gasteiger charge is 2.19. The third-order valence-corrected chi connectivity index (χ3v) is 3.60. The molecule has 1 unspecified atom stereocenters. The third-order valence-electron chi connectivity index (χ3n) is 3.60. The lowest BCUT2D eigenvalue weighted by Crippen LogP contribution is -2.39. The molecule has 0 fully saturated rings. The molecule has 7 heteroatoms. The van der Waals surface area contributed by atoms with Gasteiger partial charge in [-0.15, -0.1) is 0 Å². The van der Waals surface area contributed by atoms with Gasteiger partial charge < -0.3 is 15.1 Å². The van der Waals surface area contributed by atoms with E-state index in [1.165, 1.54) is 0 Å². The van der Waals surface area contributed by atoms with E-state index in [0.717, 1.165) is 24.8 Å². The average Bonchev–Trinajstić information content (AvgIpc) is 3.18. The van der Waals surface area contributed by atoms with Gasteiger partial charge in [-0.05, 0) is 12.0 Å². The molecular weight excluding hydrogens is 304 g/mol. The summed E-state index contributed by atoms with van der Waals surface area (Å²) in [5.41, 5.74) is -0.0346. The SMILES string of the molecule is CN=C(NCc1ncc(C(C)(C)C)o1)NCC(C)Cn1cccn1. The predicted octanol–water partition coefficient (Wildman–Crippen LogP) is 2.17. The van der Waals surface area contributed by atoms with E-state index in [0.29, 0.717) is 18.4 Å². The lowest BCUT2D eigenvalue weighted by atomic mass is 9.94. The second-order valence-electron chi connectivity index (χ2n) is 7.01. The van der Waals surface area contributed by atoms with Crippen molar-refractivity contribution in [2.75, 3.05) is 13.6 Å². The Morgan fingerprint density at radius 3 is 2.75 bits per heavy atom. The number of hydrogen-bond donors (Lipinski definition) is 2. The first-order valence-electron chi connectivity index (χ1n) is 8.25. The zero-order chi connectivity index (χ0) is 17.6. The topological polar surface area (TPSA) is 80.3 Å². The van der Waals surface area contributed by atoms with Crippen molar-refractivity contribution in [1.82, 2.24) is 25.4 Å². The quantitative estimate of drug-likeness (QED) is 0.626. The van der Waals surface area contributed by atoms with E-state index in [4.69, 9.17) is 4.42 Å². The van der Waals surface area contributed by atoms with E-state index in [9.17, 15) is 0 Å². The highest BCUT2D eigenvalue weighted by Crippen LogP contribution is 2.22. The number of rotatable bonds is 6. The minimum atomic E-state index is -0.0346. The van der Waals surface area contributed by atoms with Gasteiger partial charge in [0.2, 0.25) is 5.89 Å². The summed E-state index contributed by atoms with van der Waals surface area (Å²) in [5, 5.41) is 10.8. The molecule has 0 saturated heterocycles. The van der Waals surface area contributed by atoms with Crippen LogP contribution in [0.4, 0.5) is 0 Å². The van der Waals surface area contributed by atoms with E-state index in [1.54, 1.807) is 19.4 Å². The van der Waals surface area contributed by atoms with Gasteiger partial charge in [0.1, 0.15) is 5.76 Å². The summed E-state index contributed by atoms with van der Waals surface area (Å²) >= 11 is 0. The molecule has 0 aliphatic heterocycles. The van der Waals surface area contributed by atoms with Crippen LogP contribution in [-0.2, 0) is 18.5 Å². The highest BCUT2D eigenvalue weighted by molar-refractivity contribution is 5.79. The van der Waals surface area contributed by atoms with E-state index < -0.39 is 0 Å². The summed E-state index contributed by atoms with van der Waals surface area (Å²) in [7, 11) is 1.75. The van der Waals surface area contributed by atoms with Gasteiger partial charge in [0.05, 0.1) is 12.7 Å². The molecule has 0 amide bonds. The van der Waals surface area contributed by atoms with Crippen molar-refractivity contribution in [3.63, 3.8) is 0 Å². The smallest absolute Gasteiger partial charge is 0.213 e. The molecule has 24 heavy (non-hydrogen) atoms. The van der Waals surface area contributed by atoms with Gasteiger partial charge in [-0.2, -0.15) is 5.10 Å². The Kier molecular flexibility index (Phi) is 6.00. The molecule has 132 valence electrons. The normalized spacial score (nSPS) is 13.8. The van der Waals surface area contributed by atoms with Crippen molar-refractivity contribution in [2.24, 2.45) is 10.9 Å². The molecule has 2 aromatic rings. The summed E-state index contributed by atoms with van der Waals surface area (Å²) in [6.45, 7) is 10.7. The van der Waals surface area contributed by atoms with Crippen molar-refractivity contribution in [3.8, 4) is 0 Å². The van der Waals surface area contributed by atoms with Gasteiger partial charge in [-0.1, -0.05) is 27.7 Å². The first-order valence-corrected chi connectivity index (χ1v) is 8.25. The van der Waals surface area contributed by atoms with Crippen molar-refractivity contribution in [3.05, 3.63) is 36.3 Å². The summed E-state index contributed by atoms with van der Waals surface area (Å²) in [4.78, 5) is 8.54. The van der Waals surface area contributed by atoms with Gasteiger partial charge in [0.25, 0.3) is 0 Å². The maximum Gasteiger partial charge on any atom is 0.213 e. The van der Waals surface area contributed by atoms with Crippen LogP contribution in [0.2, 0.25) is 0 Å². The Bertz CT molecular complexity index is 638. The molecule has 2 heterocycles. The van der Waals surface area contributed by atoms with Crippen molar-refractivity contribution >= 4 is 5.96 Å². The molecular formula is C17H28N6O. The molecule has 2 N–H and O–H groups in total. The lowest BCUT2D eigenvalue weighted by Gasteiger charge is -2.16. The van der Waals surface area contributed by atoms with E-state index >= 15 is 0 Å². The van der Waals surface area contributed by atoms with Crippen molar-refractivity contribution in [2.45, 2.75) is 46.2 Å². The van der Waals surface area contributed by atoms with Crippen molar-refractivity contribution < 1.29 is 4.42 Å². The van der Waals surface area contributed by atoms with Crippen LogP contribution >= 0.6 is 0 Å². The Hall–Kier alpha value is -2.31. The average molecular weight is 332 g/mol. The minimum Gasteiger partial charge on any atom is -0.443 e. The Morgan fingerprint density at radius 2 is 2.17 bits per heavy atom. The largest absolute Gasteiger partial charge is 0.443 e. The number of aromatic nitrogens is 3. The van der Waals surface area contributed by atoms with Crippen LogP contribution < -0.4 is 10.6 Å². The fraction of sp³-hybridized carbons (Fsp3) is 0.588. The monoisotopic (exact) mass is 332 g/mol. The second-order valence-corrected chi connectivity index (χ2v) is 7.01. The number of nitrogens with zero attached hydrogens (tertiary/aromatic N) is 4. The van der Waals surface area contributed by atoms with Gasteiger partial charge in [-0.3, -0.25) is 9.67 Å². The van der Waals surface area contributed by atoms with Gasteiger partial charge >= 0.3 is 0 Å². The first kappa shape index (κ1) is 18.0. The van der Waals surface area contributed by atoms with Crippen LogP contribution in [0.25, 0.3) is 0 Å². The number of hydrogen-bond acceptors (Lipinski definition) is 4. The highest BCUT2D eigenvalue weighted by atomic mass is 16.4. The number of oxazole rings is 1. The molecule has 2 rings (SSSR count). The molecule has 0 aromatic carbocycles. The Morgan fingerprint density at radius 1 is 1.38 bits per heavy atom. The van der Waals surface area contributed by atoms with Crippen molar-refractivity contribution in [1.29, 1.82) is 0 Å². The standard InChI is InChI=1S/C17H28N6O/c1-13(12-23-8-6-7-22-23)9-20-16(18-5)21-11-15-19-10-14(24-15)17(2,3)4/h6-8,10,13H,9,11-12H2,1-5H3,(H2,18,20,21). The zero-order valence-electron chi connectivity index (χ0n) is 15.2. The minimum absolute atomic E-state index is 0.0346. The van der Waals surface area contributed by atoms with Gasteiger partial charge in [-0.25, -0.2) is 4.98 Å². The zero-order valence-corrected chi connectivity index (χ0v) is 15.2. The maximum absolute atomic E-state index is 5.77. The predicted molar refractivity (Wildman–Crippen MR) is 94.8 cm³/mol. The van der Waals surface area contributed by atoms with Crippen LogP contribution in [-0.4, -0.2) is 34.3 Å². The molecule has 2 aromatic heterocycles. The van der Waals surface area contributed by atoms with Crippen LogP contribution in [0, 0.1) is 5.92 Å². The maximum atomic E-state index is 5.77. The van der Waals surface area contributed by atoms with Crippen LogP contribution in [0.15, 0.2) is 34.1 Å². The van der Waals surface area contributed by atoms with E-state index in [2.05, 4.69) is 53.4 Å². The summed E-state index contributed by atoms with van der Waals surface area (Å²) in [6.07, 6.45) is 5.56. The molecule has 0 spiro atoms. The van der Waals surface area contributed by atoms with Crippen LogP contribution in [0.3, 0.4) is 0 Å². The fourth-order valence-corrected chi connectivity index (χ4v) is 2.18. The van der Waals surface area contributed by atoms with Gasteiger partial charge in [0.15, 0.2) is 5.96 Å². The number of nitrogens with one attached hydrogen (secondary N) is 2. The summed E-state index contributed by atoms with van der Waals surface area (Å²) < 4.78 is 7.70. The molecule has 7 nitrogen and oxygen atoms in total. The van der Waals surface area contributed by atoms with E-state index in [-0.39, 0.29) is 5.41 Å². The number of guanidine groups is 1. The van der Waals surface area contributed by atoms with Gasteiger partial charge in [0, 0.05) is 37.9 Å². The molecule has 0 bridgehead atoms. The summed E-state index contributed by atoms with van der Waals surface area (Å²) in [6, 6.07) is 1.93. The molecule has 0 aliphatic carbocycles. The molecule has 0 aliphatic rings. The lowest BCUT2D eigenvalue weighted by molar-refractivity contribution is 0.379. The number of aliphatic imine (C=N–C) groups is 1.